The van der Waals surface area contributed by atoms with Gasteiger partial charge < -0.3 is 4.90 Å². The van der Waals surface area contributed by atoms with E-state index in [1.807, 2.05) is 6.92 Å². The summed E-state index contributed by atoms with van der Waals surface area (Å²) in [5.74, 6) is -0.648. The van der Waals surface area contributed by atoms with E-state index in [4.69, 9.17) is 0 Å². The molecule has 1 atom stereocenters. The van der Waals surface area contributed by atoms with Crippen LogP contribution in [-0.2, 0) is 0 Å². The van der Waals surface area contributed by atoms with Crippen molar-refractivity contribution in [3.63, 3.8) is 0 Å². The molecule has 1 aromatic heterocycles. The van der Waals surface area contributed by atoms with Crippen LogP contribution in [0.1, 0.15) is 29.1 Å². The Labute approximate surface area is 103 Å². The van der Waals surface area contributed by atoms with E-state index in [2.05, 4.69) is 20.6 Å². The van der Waals surface area contributed by atoms with Gasteiger partial charge in [0.15, 0.2) is 0 Å². The third kappa shape index (κ3) is 2.34. The number of hydrogen-bond donors (Lipinski definition) is 1. The maximum atomic E-state index is 12.8. The van der Waals surface area contributed by atoms with Crippen molar-refractivity contribution in [3.05, 3.63) is 41.5 Å². The van der Waals surface area contributed by atoms with Crippen LogP contribution in [0, 0.1) is 5.82 Å². The Morgan fingerprint density at radius 3 is 2.61 bits per heavy atom. The van der Waals surface area contributed by atoms with Crippen LogP contribution in [0.5, 0.6) is 0 Å². The van der Waals surface area contributed by atoms with Gasteiger partial charge in [-0.2, -0.15) is 5.21 Å². The number of hydrogen-bond acceptors (Lipinski definition) is 4. The van der Waals surface area contributed by atoms with Crippen LogP contribution in [-0.4, -0.2) is 38.5 Å². The van der Waals surface area contributed by atoms with Crippen molar-refractivity contribution in [1.82, 2.24) is 25.5 Å². The molecule has 2 aromatic rings. The normalized spacial score (nSPS) is 12.2. The van der Waals surface area contributed by atoms with Crippen molar-refractivity contribution in [2.75, 3.05) is 7.05 Å². The number of nitrogens with one attached hydrogen (secondary N) is 1. The monoisotopic (exact) mass is 249 g/mol. The van der Waals surface area contributed by atoms with Gasteiger partial charge in [-0.15, -0.1) is 10.2 Å². The zero-order valence-corrected chi connectivity index (χ0v) is 9.96. The highest BCUT2D eigenvalue weighted by molar-refractivity contribution is 5.90. The molecule has 1 N–H and O–H groups in total. The van der Waals surface area contributed by atoms with E-state index in [1.165, 1.54) is 17.0 Å². The number of H-pyrrole nitrogens is 1. The Kier molecular flexibility index (Phi) is 3.31. The predicted molar refractivity (Wildman–Crippen MR) is 61.1 cm³/mol. The fraction of sp³-hybridized carbons (Fsp3) is 0.273. The first-order chi connectivity index (χ1) is 8.59. The van der Waals surface area contributed by atoms with Gasteiger partial charge in [0.2, 0.25) is 0 Å². The van der Waals surface area contributed by atoms with Crippen LogP contribution in [0.3, 0.4) is 0 Å². The largest absolute Gasteiger partial charge is 0.332 e. The summed E-state index contributed by atoms with van der Waals surface area (Å²) >= 11 is 0. The zero-order valence-electron chi connectivity index (χ0n) is 9.96. The summed E-state index contributed by atoms with van der Waals surface area (Å²) in [4.78, 5) is 13.4. The summed E-state index contributed by atoms with van der Waals surface area (Å²) in [7, 11) is 1.63. The standard InChI is InChI=1S/C11H12FN5O/c1-7(8-3-5-9(12)6-4-8)17(2)11(18)10-13-15-16-14-10/h3-7H,1-2H3,(H,13,14,15,16). The first kappa shape index (κ1) is 12.2. The third-order valence-corrected chi connectivity index (χ3v) is 2.79. The summed E-state index contributed by atoms with van der Waals surface area (Å²) in [6.07, 6.45) is 0. The van der Waals surface area contributed by atoms with Gasteiger partial charge in [-0.3, -0.25) is 4.79 Å². The zero-order chi connectivity index (χ0) is 13.1. The number of carbonyl (C=O) groups is 1. The quantitative estimate of drug-likeness (QED) is 0.886. The highest BCUT2D eigenvalue weighted by Crippen LogP contribution is 2.19. The molecule has 0 aliphatic carbocycles. The lowest BCUT2D eigenvalue weighted by atomic mass is 10.1. The molecule has 1 unspecified atom stereocenters. The second-order valence-electron chi connectivity index (χ2n) is 3.88. The van der Waals surface area contributed by atoms with Gasteiger partial charge in [0, 0.05) is 7.05 Å². The van der Waals surface area contributed by atoms with E-state index in [0.717, 1.165) is 5.56 Å². The lowest BCUT2D eigenvalue weighted by molar-refractivity contribution is 0.0730. The lowest BCUT2D eigenvalue weighted by Crippen LogP contribution is -2.30. The molecular weight excluding hydrogens is 237 g/mol. The maximum Gasteiger partial charge on any atom is 0.295 e. The average Bonchev–Trinajstić information content (AvgIpc) is 2.91. The molecule has 0 aliphatic heterocycles. The van der Waals surface area contributed by atoms with E-state index in [9.17, 15) is 9.18 Å². The molecule has 0 radical (unpaired) electrons. The molecule has 0 bridgehead atoms. The van der Waals surface area contributed by atoms with E-state index in [0.29, 0.717) is 0 Å². The molecule has 1 heterocycles. The van der Waals surface area contributed by atoms with Gasteiger partial charge in [0.1, 0.15) is 5.82 Å². The number of benzene rings is 1. The minimum Gasteiger partial charge on any atom is -0.332 e. The highest BCUT2D eigenvalue weighted by atomic mass is 19.1. The van der Waals surface area contributed by atoms with Gasteiger partial charge in [0.25, 0.3) is 11.7 Å². The highest BCUT2D eigenvalue weighted by Gasteiger charge is 2.21. The Bertz CT molecular complexity index is 525. The number of aromatic amines is 1. The number of amides is 1. The summed E-state index contributed by atoms with van der Waals surface area (Å²) < 4.78 is 12.8. The number of carbonyl (C=O) groups excluding carboxylic acids is 1. The molecule has 7 heteroatoms. The Hall–Kier alpha value is -2.31. The van der Waals surface area contributed by atoms with Gasteiger partial charge in [-0.05, 0) is 29.8 Å². The summed E-state index contributed by atoms with van der Waals surface area (Å²) in [5, 5.41) is 12.8. The lowest BCUT2D eigenvalue weighted by Gasteiger charge is -2.23. The summed E-state index contributed by atoms with van der Waals surface area (Å²) in [6.45, 7) is 1.84. The van der Waals surface area contributed by atoms with Crippen molar-refractivity contribution in [1.29, 1.82) is 0 Å². The SMILES string of the molecule is CC(c1ccc(F)cc1)N(C)C(=O)c1nn[nH]n1. The second-order valence-corrected chi connectivity index (χ2v) is 3.88. The van der Waals surface area contributed by atoms with Crippen LogP contribution >= 0.6 is 0 Å². The Morgan fingerprint density at radius 2 is 2.06 bits per heavy atom. The van der Waals surface area contributed by atoms with Gasteiger partial charge in [0.05, 0.1) is 6.04 Å². The molecule has 6 nitrogen and oxygen atoms in total. The minimum atomic E-state index is -0.347. The first-order valence-corrected chi connectivity index (χ1v) is 5.35. The molecule has 18 heavy (non-hydrogen) atoms. The summed E-state index contributed by atoms with van der Waals surface area (Å²) in [5.41, 5.74) is 0.829. The fourth-order valence-electron chi connectivity index (χ4n) is 1.55. The predicted octanol–water partition coefficient (Wildman–Crippen LogP) is 1.17. The first-order valence-electron chi connectivity index (χ1n) is 5.35. The number of nitrogens with zero attached hydrogens (tertiary/aromatic N) is 4. The van der Waals surface area contributed by atoms with Crippen LogP contribution < -0.4 is 0 Å². The molecule has 1 amide bonds. The second kappa shape index (κ2) is 4.91. The molecular formula is C11H12FN5O. The summed E-state index contributed by atoms with van der Waals surface area (Å²) in [6, 6.07) is 5.79. The Balaban J connectivity index is 2.16. The molecule has 2 rings (SSSR count). The average molecular weight is 249 g/mol. The van der Waals surface area contributed by atoms with E-state index in [1.54, 1.807) is 19.2 Å². The number of rotatable bonds is 3. The molecule has 0 fully saturated rings. The van der Waals surface area contributed by atoms with Gasteiger partial charge in [-0.25, -0.2) is 4.39 Å². The van der Waals surface area contributed by atoms with E-state index in [-0.39, 0.29) is 23.6 Å². The molecule has 0 aliphatic rings. The van der Waals surface area contributed by atoms with E-state index >= 15 is 0 Å². The number of halogens is 1. The van der Waals surface area contributed by atoms with Crippen molar-refractivity contribution in [2.24, 2.45) is 0 Å². The number of aromatic nitrogens is 4. The minimum absolute atomic E-state index is 0.00598. The van der Waals surface area contributed by atoms with Crippen LogP contribution in [0.4, 0.5) is 4.39 Å². The molecule has 0 saturated heterocycles. The van der Waals surface area contributed by atoms with Gasteiger partial charge in [-0.1, -0.05) is 12.1 Å². The van der Waals surface area contributed by atoms with Crippen molar-refractivity contribution in [3.8, 4) is 0 Å². The Morgan fingerprint density at radius 1 is 1.39 bits per heavy atom. The fourth-order valence-corrected chi connectivity index (χ4v) is 1.55. The third-order valence-electron chi connectivity index (χ3n) is 2.79. The van der Waals surface area contributed by atoms with Crippen molar-refractivity contribution >= 4 is 5.91 Å². The number of tetrazole rings is 1. The molecule has 0 saturated carbocycles. The van der Waals surface area contributed by atoms with Crippen LogP contribution in [0.2, 0.25) is 0 Å². The maximum absolute atomic E-state index is 12.8. The van der Waals surface area contributed by atoms with Crippen molar-refractivity contribution in [2.45, 2.75) is 13.0 Å². The van der Waals surface area contributed by atoms with Crippen molar-refractivity contribution < 1.29 is 9.18 Å². The van der Waals surface area contributed by atoms with Crippen LogP contribution in [0.15, 0.2) is 24.3 Å². The molecule has 94 valence electrons. The molecule has 1 aromatic carbocycles. The van der Waals surface area contributed by atoms with Gasteiger partial charge >= 0.3 is 0 Å². The molecule has 0 spiro atoms. The smallest absolute Gasteiger partial charge is 0.295 e. The topological polar surface area (TPSA) is 74.8 Å². The van der Waals surface area contributed by atoms with E-state index < -0.39 is 0 Å². The van der Waals surface area contributed by atoms with Crippen LogP contribution in [0.25, 0.3) is 0 Å².